The molecule has 0 aromatic rings. The van der Waals surface area contributed by atoms with E-state index in [1.54, 1.807) is 0 Å². The van der Waals surface area contributed by atoms with Gasteiger partial charge in [-0.1, -0.05) is 26.7 Å². The fourth-order valence-electron chi connectivity index (χ4n) is 2.28. The number of hydrogen-bond acceptors (Lipinski definition) is 2. The first-order valence-electron chi connectivity index (χ1n) is 5.62. The van der Waals surface area contributed by atoms with E-state index in [-0.39, 0.29) is 5.91 Å². The largest absolute Gasteiger partial charge is 0.369 e. The highest BCUT2D eigenvalue weighted by molar-refractivity contribution is 5.75. The number of carbonyl (C=O) groups excluding carboxylic acids is 1. The molecule has 0 atom stereocenters. The number of amides is 1. The predicted molar refractivity (Wildman–Crippen MR) is 57.9 cm³/mol. The molecule has 1 saturated carbocycles. The van der Waals surface area contributed by atoms with E-state index in [4.69, 9.17) is 5.73 Å². The number of primary amides is 1. The van der Waals surface area contributed by atoms with Gasteiger partial charge in [-0.2, -0.15) is 0 Å². The maximum Gasteiger partial charge on any atom is 0.231 e. The summed E-state index contributed by atoms with van der Waals surface area (Å²) < 4.78 is 0. The summed E-state index contributed by atoms with van der Waals surface area (Å²) >= 11 is 0. The molecule has 2 N–H and O–H groups in total. The van der Waals surface area contributed by atoms with Gasteiger partial charge in [0.15, 0.2) is 0 Å². The Morgan fingerprint density at radius 2 is 2.00 bits per heavy atom. The third-order valence-electron chi connectivity index (χ3n) is 2.80. The third kappa shape index (κ3) is 3.66. The maximum absolute atomic E-state index is 10.9. The molecule has 1 fully saturated rings. The van der Waals surface area contributed by atoms with Gasteiger partial charge in [-0.25, -0.2) is 0 Å². The van der Waals surface area contributed by atoms with Crippen molar-refractivity contribution in [2.75, 3.05) is 13.1 Å². The SMILES string of the molecule is CC(C)CN(CC(N)=O)C1CCCC1. The van der Waals surface area contributed by atoms with Gasteiger partial charge in [-0.15, -0.1) is 0 Å². The van der Waals surface area contributed by atoms with Crippen LogP contribution in [0.1, 0.15) is 39.5 Å². The molecule has 1 aliphatic rings. The normalized spacial score (nSPS) is 18.3. The molecule has 1 aliphatic carbocycles. The Morgan fingerprint density at radius 3 is 2.43 bits per heavy atom. The van der Waals surface area contributed by atoms with Crippen molar-refractivity contribution in [2.24, 2.45) is 11.7 Å². The van der Waals surface area contributed by atoms with E-state index < -0.39 is 0 Å². The topological polar surface area (TPSA) is 46.3 Å². The molecule has 1 rings (SSSR count). The van der Waals surface area contributed by atoms with Crippen LogP contribution in [-0.4, -0.2) is 29.9 Å². The number of nitrogens with zero attached hydrogens (tertiary/aromatic N) is 1. The minimum atomic E-state index is -0.197. The average Bonchev–Trinajstić information content (AvgIpc) is 2.52. The van der Waals surface area contributed by atoms with Crippen molar-refractivity contribution < 1.29 is 4.79 Å². The summed E-state index contributed by atoms with van der Waals surface area (Å²) in [5, 5.41) is 0. The Bertz CT molecular complexity index is 186. The molecule has 14 heavy (non-hydrogen) atoms. The molecule has 0 unspecified atom stereocenters. The highest BCUT2D eigenvalue weighted by Crippen LogP contribution is 2.23. The summed E-state index contributed by atoms with van der Waals surface area (Å²) in [6, 6.07) is 0.602. The molecule has 0 aromatic carbocycles. The second-order valence-corrected chi connectivity index (χ2v) is 4.73. The van der Waals surface area contributed by atoms with Crippen LogP contribution in [0.4, 0.5) is 0 Å². The zero-order chi connectivity index (χ0) is 10.6. The summed E-state index contributed by atoms with van der Waals surface area (Å²) in [4.78, 5) is 13.2. The van der Waals surface area contributed by atoms with Gasteiger partial charge in [0.2, 0.25) is 5.91 Å². The van der Waals surface area contributed by atoms with E-state index in [2.05, 4.69) is 18.7 Å². The molecule has 0 aromatic heterocycles. The first kappa shape index (κ1) is 11.5. The summed E-state index contributed by atoms with van der Waals surface area (Å²) in [7, 11) is 0. The molecule has 3 nitrogen and oxygen atoms in total. The molecule has 0 heterocycles. The fourth-order valence-corrected chi connectivity index (χ4v) is 2.28. The van der Waals surface area contributed by atoms with Gasteiger partial charge >= 0.3 is 0 Å². The molecule has 3 heteroatoms. The Balaban J connectivity index is 2.46. The summed E-state index contributed by atoms with van der Waals surface area (Å²) in [6.45, 7) is 5.79. The van der Waals surface area contributed by atoms with Gasteiger partial charge in [0, 0.05) is 12.6 Å². The van der Waals surface area contributed by atoms with Crippen molar-refractivity contribution in [1.82, 2.24) is 4.90 Å². The Labute approximate surface area is 86.6 Å². The summed E-state index contributed by atoms with van der Waals surface area (Å²) in [6.07, 6.45) is 5.08. The molecular formula is C11H22N2O. The van der Waals surface area contributed by atoms with Crippen molar-refractivity contribution in [3.05, 3.63) is 0 Å². The first-order valence-corrected chi connectivity index (χ1v) is 5.62. The van der Waals surface area contributed by atoms with E-state index in [9.17, 15) is 4.79 Å². The standard InChI is InChI=1S/C11H22N2O/c1-9(2)7-13(8-11(12)14)10-5-3-4-6-10/h9-10H,3-8H2,1-2H3,(H2,12,14). The second kappa shape index (κ2) is 5.35. The zero-order valence-corrected chi connectivity index (χ0v) is 9.33. The van der Waals surface area contributed by atoms with Gasteiger partial charge in [0.25, 0.3) is 0 Å². The van der Waals surface area contributed by atoms with Crippen molar-refractivity contribution >= 4 is 5.91 Å². The smallest absolute Gasteiger partial charge is 0.231 e. The lowest BCUT2D eigenvalue weighted by Crippen LogP contribution is -2.42. The number of hydrogen-bond donors (Lipinski definition) is 1. The molecule has 0 radical (unpaired) electrons. The highest BCUT2D eigenvalue weighted by Gasteiger charge is 2.23. The molecule has 0 spiro atoms. The molecule has 0 aliphatic heterocycles. The Kier molecular flexibility index (Phi) is 4.39. The number of rotatable bonds is 5. The van der Waals surface area contributed by atoms with Crippen LogP contribution >= 0.6 is 0 Å². The molecular weight excluding hydrogens is 176 g/mol. The van der Waals surface area contributed by atoms with Crippen LogP contribution in [0.15, 0.2) is 0 Å². The van der Waals surface area contributed by atoms with Crippen LogP contribution in [0.5, 0.6) is 0 Å². The number of nitrogens with two attached hydrogens (primary N) is 1. The van der Waals surface area contributed by atoms with Crippen molar-refractivity contribution in [3.8, 4) is 0 Å². The summed E-state index contributed by atoms with van der Waals surface area (Å²) in [5.74, 6) is 0.410. The molecule has 0 saturated heterocycles. The average molecular weight is 198 g/mol. The third-order valence-corrected chi connectivity index (χ3v) is 2.80. The monoisotopic (exact) mass is 198 g/mol. The van der Waals surface area contributed by atoms with Crippen LogP contribution in [-0.2, 0) is 4.79 Å². The highest BCUT2D eigenvalue weighted by atomic mass is 16.1. The summed E-state index contributed by atoms with van der Waals surface area (Å²) in [5.41, 5.74) is 5.26. The van der Waals surface area contributed by atoms with E-state index in [1.165, 1.54) is 25.7 Å². The van der Waals surface area contributed by atoms with Crippen LogP contribution < -0.4 is 5.73 Å². The van der Waals surface area contributed by atoms with Crippen molar-refractivity contribution in [1.29, 1.82) is 0 Å². The van der Waals surface area contributed by atoms with Gasteiger partial charge in [-0.3, -0.25) is 9.69 Å². The second-order valence-electron chi connectivity index (χ2n) is 4.73. The molecule has 82 valence electrons. The first-order chi connectivity index (χ1) is 6.59. The zero-order valence-electron chi connectivity index (χ0n) is 9.33. The number of carbonyl (C=O) groups is 1. The van der Waals surface area contributed by atoms with Crippen LogP contribution in [0.2, 0.25) is 0 Å². The fraction of sp³-hybridized carbons (Fsp3) is 0.909. The van der Waals surface area contributed by atoms with Gasteiger partial charge in [-0.05, 0) is 18.8 Å². The van der Waals surface area contributed by atoms with Gasteiger partial charge in [0.05, 0.1) is 6.54 Å². The molecule has 0 bridgehead atoms. The predicted octanol–water partition coefficient (Wildman–Crippen LogP) is 1.37. The van der Waals surface area contributed by atoms with Gasteiger partial charge in [0.1, 0.15) is 0 Å². The van der Waals surface area contributed by atoms with Crippen molar-refractivity contribution in [3.63, 3.8) is 0 Å². The minimum Gasteiger partial charge on any atom is -0.369 e. The Hall–Kier alpha value is -0.570. The lowest BCUT2D eigenvalue weighted by molar-refractivity contribution is -0.119. The van der Waals surface area contributed by atoms with Crippen LogP contribution in [0.3, 0.4) is 0 Å². The Morgan fingerprint density at radius 1 is 1.43 bits per heavy atom. The van der Waals surface area contributed by atoms with Crippen LogP contribution in [0.25, 0.3) is 0 Å². The van der Waals surface area contributed by atoms with E-state index in [0.717, 1.165) is 6.54 Å². The lowest BCUT2D eigenvalue weighted by atomic mass is 10.1. The van der Waals surface area contributed by atoms with Crippen molar-refractivity contribution in [2.45, 2.75) is 45.6 Å². The van der Waals surface area contributed by atoms with E-state index in [1.807, 2.05) is 0 Å². The maximum atomic E-state index is 10.9. The molecule has 1 amide bonds. The van der Waals surface area contributed by atoms with Crippen LogP contribution in [0, 0.1) is 5.92 Å². The van der Waals surface area contributed by atoms with Gasteiger partial charge < -0.3 is 5.73 Å². The lowest BCUT2D eigenvalue weighted by Gasteiger charge is -2.28. The minimum absolute atomic E-state index is 0.197. The van der Waals surface area contributed by atoms with E-state index >= 15 is 0 Å². The van der Waals surface area contributed by atoms with E-state index in [0.29, 0.717) is 18.5 Å². The quantitative estimate of drug-likeness (QED) is 0.725.